The van der Waals surface area contributed by atoms with Gasteiger partial charge in [0, 0.05) is 11.9 Å². The zero-order chi connectivity index (χ0) is 18.6. The zero-order valence-corrected chi connectivity index (χ0v) is 14.0. The molecule has 2 rings (SSSR count). The Morgan fingerprint density at radius 1 is 1.08 bits per heavy atom. The number of hydrogen-bond donors (Lipinski definition) is 1. The van der Waals surface area contributed by atoms with Crippen molar-refractivity contribution in [3.63, 3.8) is 0 Å². The van der Waals surface area contributed by atoms with Crippen LogP contribution in [0.2, 0.25) is 0 Å². The van der Waals surface area contributed by atoms with Crippen LogP contribution in [0.3, 0.4) is 0 Å². The molecule has 1 aromatic carbocycles. The number of para-hydroxylation sites is 1. The number of aryl methyl sites for hydroxylation is 2. The van der Waals surface area contributed by atoms with Crippen molar-refractivity contribution < 1.29 is 18.0 Å². The molecule has 0 atom stereocenters. The summed E-state index contributed by atoms with van der Waals surface area (Å²) >= 11 is 0. The van der Waals surface area contributed by atoms with Gasteiger partial charge in [0.1, 0.15) is 12.1 Å². The lowest BCUT2D eigenvalue weighted by Crippen LogP contribution is -2.32. The monoisotopic (exact) mass is 352 g/mol. The third-order valence-corrected chi connectivity index (χ3v) is 3.90. The van der Waals surface area contributed by atoms with Gasteiger partial charge in [0.15, 0.2) is 0 Å². The molecule has 0 spiro atoms. The lowest BCUT2D eigenvalue weighted by Gasteiger charge is -2.15. The Labute approximate surface area is 143 Å². The number of aromatic nitrogens is 1. The van der Waals surface area contributed by atoms with Crippen LogP contribution in [0.5, 0.6) is 0 Å². The predicted octanol–water partition coefficient (Wildman–Crippen LogP) is 3.63. The topological polar surface area (TPSA) is 51.1 Å². The first-order valence-electron chi connectivity index (χ1n) is 7.95. The van der Waals surface area contributed by atoms with E-state index in [1.807, 2.05) is 32.0 Å². The molecule has 1 aromatic heterocycles. The van der Waals surface area contributed by atoms with Gasteiger partial charge in [-0.2, -0.15) is 13.2 Å². The fraction of sp³-hybridized carbons (Fsp3) is 0.333. The van der Waals surface area contributed by atoms with Gasteiger partial charge in [-0.1, -0.05) is 32.0 Å². The molecule has 134 valence electrons. The molecule has 0 unspecified atom stereocenters. The minimum Gasteiger partial charge on any atom is -0.324 e. The largest absolute Gasteiger partial charge is 0.421 e. The smallest absolute Gasteiger partial charge is 0.324 e. The molecular weight excluding hydrogens is 333 g/mol. The van der Waals surface area contributed by atoms with Crippen molar-refractivity contribution in [3.05, 3.63) is 63.6 Å². The number of alkyl halides is 3. The number of halogens is 3. The van der Waals surface area contributed by atoms with Crippen LogP contribution >= 0.6 is 0 Å². The van der Waals surface area contributed by atoms with E-state index in [0.29, 0.717) is 24.6 Å². The quantitative estimate of drug-likeness (QED) is 0.893. The molecule has 1 heterocycles. The van der Waals surface area contributed by atoms with Crippen molar-refractivity contribution in [1.82, 2.24) is 4.57 Å². The van der Waals surface area contributed by atoms with E-state index >= 15 is 0 Å². The first kappa shape index (κ1) is 18.8. The summed E-state index contributed by atoms with van der Waals surface area (Å²) in [6.07, 6.45) is -2.18. The molecule has 25 heavy (non-hydrogen) atoms. The first-order valence-corrected chi connectivity index (χ1v) is 7.95. The van der Waals surface area contributed by atoms with Gasteiger partial charge in [-0.15, -0.1) is 0 Å². The second-order valence-electron chi connectivity index (χ2n) is 5.56. The average molecular weight is 352 g/mol. The van der Waals surface area contributed by atoms with Gasteiger partial charge in [0.25, 0.3) is 5.56 Å². The Hall–Kier alpha value is -2.57. The number of amides is 1. The predicted molar refractivity (Wildman–Crippen MR) is 89.5 cm³/mol. The summed E-state index contributed by atoms with van der Waals surface area (Å²) in [6.45, 7) is 3.41. The van der Waals surface area contributed by atoms with Crippen LogP contribution in [0.15, 0.2) is 41.3 Å². The molecule has 0 bridgehead atoms. The van der Waals surface area contributed by atoms with Crippen LogP contribution in [0.1, 0.15) is 30.5 Å². The molecule has 0 aliphatic carbocycles. The molecule has 7 heteroatoms. The molecule has 2 aromatic rings. The number of rotatable bonds is 5. The number of carbonyl (C=O) groups excluding carboxylic acids is 1. The molecular formula is C18H19F3N2O2. The highest BCUT2D eigenvalue weighted by Crippen LogP contribution is 2.26. The lowest BCUT2D eigenvalue weighted by atomic mass is 10.0. The lowest BCUT2D eigenvalue weighted by molar-refractivity contribution is -0.139. The van der Waals surface area contributed by atoms with Crippen LogP contribution in [-0.4, -0.2) is 10.5 Å². The third-order valence-electron chi connectivity index (χ3n) is 3.90. The Balaban J connectivity index is 2.27. The number of pyridine rings is 1. The van der Waals surface area contributed by atoms with E-state index < -0.39 is 29.8 Å². The van der Waals surface area contributed by atoms with E-state index in [2.05, 4.69) is 5.32 Å². The van der Waals surface area contributed by atoms with Crippen LogP contribution in [0, 0.1) is 0 Å². The highest BCUT2D eigenvalue weighted by atomic mass is 19.4. The first-order chi connectivity index (χ1) is 11.8. The van der Waals surface area contributed by atoms with Gasteiger partial charge in [-0.05, 0) is 36.1 Å². The number of nitrogens with zero attached hydrogens (tertiary/aromatic N) is 1. The van der Waals surface area contributed by atoms with E-state index in [1.54, 1.807) is 0 Å². The summed E-state index contributed by atoms with van der Waals surface area (Å²) in [5.41, 5.74) is 0.0151. The van der Waals surface area contributed by atoms with Crippen molar-refractivity contribution in [2.75, 3.05) is 5.32 Å². The molecule has 0 saturated heterocycles. The fourth-order valence-corrected chi connectivity index (χ4v) is 2.61. The second kappa shape index (κ2) is 7.55. The Morgan fingerprint density at radius 2 is 1.68 bits per heavy atom. The van der Waals surface area contributed by atoms with Crippen molar-refractivity contribution in [1.29, 1.82) is 0 Å². The number of benzene rings is 1. The molecule has 0 fully saturated rings. The Morgan fingerprint density at radius 3 is 2.20 bits per heavy atom. The van der Waals surface area contributed by atoms with Gasteiger partial charge in [-0.3, -0.25) is 9.59 Å². The van der Waals surface area contributed by atoms with Gasteiger partial charge < -0.3 is 9.88 Å². The molecule has 0 radical (unpaired) electrons. The van der Waals surface area contributed by atoms with Gasteiger partial charge in [0.05, 0.1) is 0 Å². The average Bonchev–Trinajstić information content (AvgIpc) is 2.55. The van der Waals surface area contributed by atoms with Crippen LogP contribution < -0.4 is 10.9 Å². The number of carbonyl (C=O) groups is 1. The van der Waals surface area contributed by atoms with Gasteiger partial charge >= 0.3 is 6.18 Å². The highest BCUT2D eigenvalue weighted by Gasteiger charge is 2.34. The molecule has 1 amide bonds. The molecule has 0 aliphatic heterocycles. The third kappa shape index (κ3) is 4.29. The highest BCUT2D eigenvalue weighted by molar-refractivity contribution is 5.92. The zero-order valence-electron chi connectivity index (χ0n) is 14.0. The number of nitrogens with one attached hydrogen (secondary N) is 1. The van der Waals surface area contributed by atoms with Crippen molar-refractivity contribution >= 4 is 11.6 Å². The van der Waals surface area contributed by atoms with Gasteiger partial charge in [0.2, 0.25) is 5.91 Å². The minimum absolute atomic E-state index is 0.482. The second-order valence-corrected chi connectivity index (χ2v) is 5.56. The van der Waals surface area contributed by atoms with E-state index in [1.165, 1.54) is 6.20 Å². The van der Waals surface area contributed by atoms with Crippen LogP contribution in [-0.2, 0) is 30.4 Å². The van der Waals surface area contributed by atoms with Crippen LogP contribution in [0.25, 0.3) is 0 Å². The summed E-state index contributed by atoms with van der Waals surface area (Å²) in [5.74, 6) is -0.544. The molecule has 4 nitrogen and oxygen atoms in total. The van der Waals surface area contributed by atoms with E-state index in [4.69, 9.17) is 0 Å². The Bertz CT molecular complexity index is 804. The summed E-state index contributed by atoms with van der Waals surface area (Å²) in [6, 6.07) is 7.47. The minimum atomic E-state index is -4.75. The summed E-state index contributed by atoms with van der Waals surface area (Å²) in [7, 11) is 0. The summed E-state index contributed by atoms with van der Waals surface area (Å²) < 4.78 is 39.2. The molecule has 1 N–H and O–H groups in total. The standard InChI is InChI=1S/C18H19F3N2O2/c1-3-12-7-5-8-13(4-2)16(12)22-15(24)11-23-10-6-9-14(17(23)25)18(19,20)21/h5-10H,3-4,11H2,1-2H3,(H,22,24). The van der Waals surface area contributed by atoms with E-state index in [-0.39, 0.29) is 0 Å². The normalized spacial score (nSPS) is 11.4. The van der Waals surface area contributed by atoms with Crippen LogP contribution in [0.4, 0.5) is 18.9 Å². The van der Waals surface area contributed by atoms with Crippen molar-refractivity contribution in [2.45, 2.75) is 39.4 Å². The van der Waals surface area contributed by atoms with E-state index in [9.17, 15) is 22.8 Å². The summed E-state index contributed by atoms with van der Waals surface area (Å²) in [4.78, 5) is 24.2. The maximum Gasteiger partial charge on any atom is 0.421 e. The maximum atomic E-state index is 12.8. The Kier molecular flexibility index (Phi) is 5.66. The fourth-order valence-electron chi connectivity index (χ4n) is 2.61. The molecule has 0 saturated carbocycles. The van der Waals surface area contributed by atoms with Crippen molar-refractivity contribution in [2.24, 2.45) is 0 Å². The van der Waals surface area contributed by atoms with Crippen molar-refractivity contribution in [3.8, 4) is 0 Å². The number of anilines is 1. The number of hydrogen-bond acceptors (Lipinski definition) is 2. The van der Waals surface area contributed by atoms with Gasteiger partial charge in [-0.25, -0.2) is 0 Å². The SMILES string of the molecule is CCc1cccc(CC)c1NC(=O)Cn1cccc(C(F)(F)F)c1=O. The summed E-state index contributed by atoms with van der Waals surface area (Å²) in [5, 5.41) is 2.73. The maximum absolute atomic E-state index is 12.8. The molecule has 0 aliphatic rings. The van der Waals surface area contributed by atoms with E-state index in [0.717, 1.165) is 21.8 Å².